The topological polar surface area (TPSA) is 54.2 Å². The van der Waals surface area contributed by atoms with Gasteiger partial charge >= 0.3 is 0 Å². The van der Waals surface area contributed by atoms with Crippen molar-refractivity contribution in [1.82, 2.24) is 19.7 Å². The Balaban J connectivity index is 2.03. The van der Waals surface area contributed by atoms with E-state index in [0.717, 1.165) is 37.5 Å². The van der Waals surface area contributed by atoms with Crippen molar-refractivity contribution in [1.29, 1.82) is 0 Å². The zero-order valence-corrected chi connectivity index (χ0v) is 9.35. The van der Waals surface area contributed by atoms with Gasteiger partial charge in [-0.2, -0.15) is 5.10 Å². The van der Waals surface area contributed by atoms with Crippen LogP contribution in [0.3, 0.4) is 0 Å². The van der Waals surface area contributed by atoms with Crippen LogP contribution in [-0.4, -0.2) is 51.5 Å². The Morgan fingerprint density at radius 2 is 2.33 bits per heavy atom. The molecular formula is C10H18N4O. The molecule has 1 aromatic heterocycles. The van der Waals surface area contributed by atoms with Crippen molar-refractivity contribution < 1.29 is 5.11 Å². The van der Waals surface area contributed by atoms with E-state index in [4.69, 9.17) is 0 Å². The molecule has 84 valence electrons. The average molecular weight is 210 g/mol. The minimum absolute atomic E-state index is 0.249. The number of aliphatic hydroxyl groups excluding tert-OH is 1. The van der Waals surface area contributed by atoms with Crippen molar-refractivity contribution in [3.05, 3.63) is 11.6 Å². The van der Waals surface area contributed by atoms with Gasteiger partial charge in [0, 0.05) is 19.4 Å². The number of hydrogen-bond donors (Lipinski definition) is 1. The van der Waals surface area contributed by atoms with Crippen LogP contribution < -0.4 is 0 Å². The minimum atomic E-state index is -0.249. The fraction of sp³-hybridized carbons (Fsp3) is 0.800. The number of hydrogen-bond acceptors (Lipinski definition) is 4. The molecule has 2 heterocycles. The van der Waals surface area contributed by atoms with Crippen molar-refractivity contribution in [2.24, 2.45) is 0 Å². The SMILES string of the molecule is CN(C)CCc1nc2n(n1)CC(O)CC2. The van der Waals surface area contributed by atoms with Crippen LogP contribution in [0, 0.1) is 0 Å². The lowest BCUT2D eigenvalue weighted by Gasteiger charge is -2.16. The fourth-order valence-electron chi connectivity index (χ4n) is 1.77. The van der Waals surface area contributed by atoms with Crippen LogP contribution in [-0.2, 0) is 19.4 Å². The minimum Gasteiger partial charge on any atom is -0.391 e. The van der Waals surface area contributed by atoms with E-state index in [1.165, 1.54) is 0 Å². The van der Waals surface area contributed by atoms with E-state index in [0.29, 0.717) is 6.54 Å². The molecule has 5 nitrogen and oxygen atoms in total. The quantitative estimate of drug-likeness (QED) is 0.743. The molecule has 1 aliphatic heterocycles. The predicted octanol–water partition coefficient (Wildman–Crippen LogP) is -0.311. The Morgan fingerprint density at radius 1 is 1.53 bits per heavy atom. The van der Waals surface area contributed by atoms with Gasteiger partial charge in [0.05, 0.1) is 12.6 Å². The third-order valence-electron chi connectivity index (χ3n) is 2.66. The molecule has 0 saturated carbocycles. The van der Waals surface area contributed by atoms with Gasteiger partial charge < -0.3 is 10.0 Å². The zero-order valence-electron chi connectivity index (χ0n) is 9.35. The predicted molar refractivity (Wildman–Crippen MR) is 56.6 cm³/mol. The molecule has 0 radical (unpaired) electrons. The third kappa shape index (κ3) is 2.54. The molecule has 1 N–H and O–H groups in total. The molecule has 5 heteroatoms. The number of fused-ring (bicyclic) bond motifs is 1. The first-order valence-electron chi connectivity index (χ1n) is 5.40. The summed E-state index contributed by atoms with van der Waals surface area (Å²) in [5.74, 6) is 1.92. The summed E-state index contributed by atoms with van der Waals surface area (Å²) in [7, 11) is 4.08. The summed E-state index contributed by atoms with van der Waals surface area (Å²) in [6.07, 6.45) is 2.28. The molecule has 0 bridgehead atoms. The van der Waals surface area contributed by atoms with Gasteiger partial charge in [-0.25, -0.2) is 9.67 Å². The number of rotatable bonds is 3. The third-order valence-corrected chi connectivity index (χ3v) is 2.66. The van der Waals surface area contributed by atoms with Crippen LogP contribution >= 0.6 is 0 Å². The molecule has 0 aliphatic carbocycles. The van der Waals surface area contributed by atoms with E-state index in [1.807, 2.05) is 18.8 Å². The number of aromatic nitrogens is 3. The highest BCUT2D eigenvalue weighted by atomic mass is 16.3. The summed E-state index contributed by atoms with van der Waals surface area (Å²) >= 11 is 0. The van der Waals surface area contributed by atoms with E-state index in [2.05, 4.69) is 15.0 Å². The molecule has 1 unspecified atom stereocenters. The lowest BCUT2D eigenvalue weighted by Crippen LogP contribution is -2.25. The highest BCUT2D eigenvalue weighted by Gasteiger charge is 2.19. The summed E-state index contributed by atoms with van der Waals surface area (Å²) in [5.41, 5.74) is 0. The van der Waals surface area contributed by atoms with Gasteiger partial charge in [-0.3, -0.25) is 0 Å². The number of likely N-dealkylation sites (N-methyl/N-ethyl adjacent to an activating group) is 1. The molecule has 15 heavy (non-hydrogen) atoms. The van der Waals surface area contributed by atoms with Crippen molar-refractivity contribution in [2.45, 2.75) is 31.9 Å². The molecule has 0 amide bonds. The summed E-state index contributed by atoms with van der Waals surface area (Å²) < 4.78 is 1.85. The Hall–Kier alpha value is -0.940. The van der Waals surface area contributed by atoms with E-state index < -0.39 is 0 Å². The van der Waals surface area contributed by atoms with Gasteiger partial charge in [0.1, 0.15) is 5.82 Å². The molecule has 0 spiro atoms. The molecule has 1 atom stereocenters. The molecule has 0 saturated heterocycles. The Bertz CT molecular complexity index is 334. The lowest BCUT2D eigenvalue weighted by atomic mass is 10.1. The Kier molecular flexibility index (Phi) is 3.02. The van der Waals surface area contributed by atoms with E-state index in [1.54, 1.807) is 0 Å². The van der Waals surface area contributed by atoms with Gasteiger partial charge in [-0.15, -0.1) is 0 Å². The molecule has 1 aromatic rings. The van der Waals surface area contributed by atoms with E-state index in [9.17, 15) is 5.11 Å². The van der Waals surface area contributed by atoms with Gasteiger partial charge in [-0.1, -0.05) is 0 Å². The van der Waals surface area contributed by atoms with Crippen LogP contribution in [0.15, 0.2) is 0 Å². The second-order valence-electron chi connectivity index (χ2n) is 4.37. The monoisotopic (exact) mass is 210 g/mol. The van der Waals surface area contributed by atoms with Crippen LogP contribution in [0.5, 0.6) is 0 Å². The summed E-state index contributed by atoms with van der Waals surface area (Å²) in [5, 5.41) is 13.9. The Morgan fingerprint density at radius 3 is 3.07 bits per heavy atom. The molecule has 2 rings (SSSR count). The molecule has 1 aliphatic rings. The highest BCUT2D eigenvalue weighted by Crippen LogP contribution is 2.12. The first kappa shape index (κ1) is 10.6. The van der Waals surface area contributed by atoms with Gasteiger partial charge in [-0.05, 0) is 20.5 Å². The van der Waals surface area contributed by atoms with Gasteiger partial charge in [0.25, 0.3) is 0 Å². The first-order valence-corrected chi connectivity index (χ1v) is 5.40. The largest absolute Gasteiger partial charge is 0.391 e. The summed E-state index contributed by atoms with van der Waals surface area (Å²) in [6, 6.07) is 0. The van der Waals surface area contributed by atoms with Crippen molar-refractivity contribution in [3.63, 3.8) is 0 Å². The number of aliphatic hydroxyl groups is 1. The average Bonchev–Trinajstić information content (AvgIpc) is 2.56. The number of aryl methyl sites for hydroxylation is 1. The van der Waals surface area contributed by atoms with Crippen molar-refractivity contribution in [2.75, 3.05) is 20.6 Å². The van der Waals surface area contributed by atoms with Crippen LogP contribution in [0.4, 0.5) is 0 Å². The smallest absolute Gasteiger partial charge is 0.152 e. The normalized spacial score (nSPS) is 20.7. The van der Waals surface area contributed by atoms with Gasteiger partial charge in [0.2, 0.25) is 0 Å². The highest BCUT2D eigenvalue weighted by molar-refractivity contribution is 4.97. The van der Waals surface area contributed by atoms with Crippen molar-refractivity contribution in [3.8, 4) is 0 Å². The maximum absolute atomic E-state index is 9.49. The fourth-order valence-corrected chi connectivity index (χ4v) is 1.77. The molecule has 0 aromatic carbocycles. The lowest BCUT2D eigenvalue weighted by molar-refractivity contribution is 0.124. The van der Waals surface area contributed by atoms with Gasteiger partial charge in [0.15, 0.2) is 5.82 Å². The number of nitrogens with zero attached hydrogens (tertiary/aromatic N) is 4. The van der Waals surface area contributed by atoms with Crippen LogP contribution in [0.1, 0.15) is 18.1 Å². The molecule has 0 fully saturated rings. The standard InChI is InChI=1S/C10H18N4O/c1-13(2)6-5-9-11-10-4-3-8(15)7-14(10)12-9/h8,15H,3-7H2,1-2H3. The maximum Gasteiger partial charge on any atom is 0.152 e. The van der Waals surface area contributed by atoms with Crippen LogP contribution in [0.25, 0.3) is 0 Å². The second-order valence-corrected chi connectivity index (χ2v) is 4.37. The summed E-state index contributed by atoms with van der Waals surface area (Å²) in [4.78, 5) is 6.59. The zero-order chi connectivity index (χ0) is 10.8. The Labute approximate surface area is 89.7 Å². The van der Waals surface area contributed by atoms with E-state index >= 15 is 0 Å². The van der Waals surface area contributed by atoms with E-state index in [-0.39, 0.29) is 6.10 Å². The first-order chi connectivity index (χ1) is 7.15. The van der Waals surface area contributed by atoms with Crippen LogP contribution in [0.2, 0.25) is 0 Å². The second kappa shape index (κ2) is 4.28. The molecular weight excluding hydrogens is 192 g/mol. The summed E-state index contributed by atoms with van der Waals surface area (Å²) in [6.45, 7) is 1.57. The maximum atomic E-state index is 9.49. The van der Waals surface area contributed by atoms with Crippen molar-refractivity contribution >= 4 is 0 Å².